The first-order valence-corrected chi connectivity index (χ1v) is 8.26. The van der Waals surface area contributed by atoms with Crippen LogP contribution in [-0.2, 0) is 14.3 Å². The second-order valence-corrected chi connectivity index (χ2v) is 5.13. The molecule has 156 valence electrons. The molecular formula is C18H36O8. The minimum absolute atomic E-state index is 0.0677. The Balaban J connectivity index is -0.000000124. The average Bonchev–Trinajstić information content (AvgIpc) is 2.57. The van der Waals surface area contributed by atoms with Crippen LogP contribution in [-0.4, -0.2) is 70.0 Å². The average molecular weight is 380 g/mol. The van der Waals surface area contributed by atoms with E-state index in [1.165, 1.54) is 13.8 Å². The fourth-order valence-corrected chi connectivity index (χ4v) is 0.631. The Morgan fingerprint density at radius 3 is 1.35 bits per heavy atom. The SMILES string of the molecule is C=C(C)C(=O)O.C=C(C)C(=O)O.CCCOCCC.OCCC(O)CO. The lowest BCUT2D eigenvalue weighted by Crippen LogP contribution is -2.12. The van der Waals surface area contributed by atoms with Crippen LogP contribution in [0.3, 0.4) is 0 Å². The molecule has 1 unspecified atom stereocenters. The van der Waals surface area contributed by atoms with E-state index >= 15 is 0 Å². The van der Waals surface area contributed by atoms with Crippen molar-refractivity contribution >= 4 is 11.9 Å². The molecule has 1 atom stereocenters. The molecule has 0 spiro atoms. The van der Waals surface area contributed by atoms with Crippen molar-refractivity contribution in [1.29, 1.82) is 0 Å². The minimum atomic E-state index is -0.935. The van der Waals surface area contributed by atoms with Gasteiger partial charge in [-0.05, 0) is 33.1 Å². The molecule has 0 aliphatic rings. The first-order chi connectivity index (χ1) is 12.0. The summed E-state index contributed by atoms with van der Waals surface area (Å²) in [6.07, 6.45) is 1.79. The van der Waals surface area contributed by atoms with Crippen LogP contribution in [0.2, 0.25) is 0 Å². The van der Waals surface area contributed by atoms with Crippen molar-refractivity contribution in [1.82, 2.24) is 0 Å². The van der Waals surface area contributed by atoms with Crippen molar-refractivity contribution < 1.29 is 39.9 Å². The Morgan fingerprint density at radius 1 is 0.923 bits per heavy atom. The number of rotatable bonds is 9. The smallest absolute Gasteiger partial charge is 0.330 e. The molecule has 26 heavy (non-hydrogen) atoms. The monoisotopic (exact) mass is 380 g/mol. The molecule has 0 bridgehead atoms. The van der Waals surface area contributed by atoms with Crippen molar-refractivity contribution in [2.75, 3.05) is 26.4 Å². The zero-order chi connectivity index (χ0) is 21.5. The summed E-state index contributed by atoms with van der Waals surface area (Å²) in [6.45, 7) is 15.0. The molecule has 0 rings (SSSR count). The van der Waals surface area contributed by atoms with Crippen LogP contribution in [0.4, 0.5) is 0 Å². The third-order valence-corrected chi connectivity index (χ3v) is 2.10. The maximum Gasteiger partial charge on any atom is 0.330 e. The Labute approximate surface area is 156 Å². The van der Waals surface area contributed by atoms with E-state index in [0.29, 0.717) is 0 Å². The largest absolute Gasteiger partial charge is 0.478 e. The number of hydrogen-bond donors (Lipinski definition) is 5. The van der Waals surface area contributed by atoms with Crippen molar-refractivity contribution in [3.05, 3.63) is 24.3 Å². The van der Waals surface area contributed by atoms with Gasteiger partial charge in [-0.25, -0.2) is 9.59 Å². The van der Waals surface area contributed by atoms with Gasteiger partial charge in [0.25, 0.3) is 0 Å². The highest BCUT2D eigenvalue weighted by Crippen LogP contribution is 1.85. The van der Waals surface area contributed by atoms with Crippen molar-refractivity contribution in [3.8, 4) is 0 Å². The van der Waals surface area contributed by atoms with Crippen LogP contribution >= 0.6 is 0 Å². The maximum atomic E-state index is 9.60. The van der Waals surface area contributed by atoms with E-state index in [9.17, 15) is 9.59 Å². The van der Waals surface area contributed by atoms with Crippen molar-refractivity contribution in [2.45, 2.75) is 53.1 Å². The van der Waals surface area contributed by atoms with Gasteiger partial charge in [-0.15, -0.1) is 0 Å². The van der Waals surface area contributed by atoms with Gasteiger partial charge in [0.1, 0.15) is 0 Å². The lowest BCUT2D eigenvalue weighted by atomic mass is 10.3. The molecule has 0 radical (unpaired) electrons. The number of hydrogen-bond acceptors (Lipinski definition) is 6. The molecule has 8 heteroatoms. The number of aliphatic carboxylic acids is 2. The number of carboxylic acids is 2. The van der Waals surface area contributed by atoms with Crippen LogP contribution < -0.4 is 0 Å². The van der Waals surface area contributed by atoms with Crippen molar-refractivity contribution in [2.24, 2.45) is 0 Å². The van der Waals surface area contributed by atoms with E-state index in [2.05, 4.69) is 27.0 Å². The van der Waals surface area contributed by atoms with Gasteiger partial charge in [-0.2, -0.15) is 0 Å². The van der Waals surface area contributed by atoms with Crippen LogP contribution in [0.5, 0.6) is 0 Å². The Morgan fingerprint density at radius 2 is 1.23 bits per heavy atom. The minimum Gasteiger partial charge on any atom is -0.478 e. The first-order valence-electron chi connectivity index (χ1n) is 8.26. The number of carbonyl (C=O) groups is 2. The summed E-state index contributed by atoms with van der Waals surface area (Å²) in [4.78, 5) is 19.2. The van der Waals surface area contributed by atoms with E-state index in [-0.39, 0.29) is 30.8 Å². The summed E-state index contributed by atoms with van der Waals surface area (Å²) in [7, 11) is 0. The van der Waals surface area contributed by atoms with Gasteiger partial charge >= 0.3 is 11.9 Å². The van der Waals surface area contributed by atoms with Gasteiger partial charge < -0.3 is 30.3 Å². The molecule has 0 amide bonds. The van der Waals surface area contributed by atoms with Gasteiger partial charge in [0.15, 0.2) is 0 Å². The summed E-state index contributed by atoms with van der Waals surface area (Å²) in [6, 6.07) is 0. The van der Waals surface area contributed by atoms with Gasteiger partial charge in [0.05, 0.1) is 12.7 Å². The van der Waals surface area contributed by atoms with Crippen molar-refractivity contribution in [3.63, 3.8) is 0 Å². The molecule has 0 saturated heterocycles. The lowest BCUT2D eigenvalue weighted by Gasteiger charge is -2.00. The molecule has 0 aromatic carbocycles. The number of aliphatic hydroxyl groups excluding tert-OH is 3. The van der Waals surface area contributed by atoms with Gasteiger partial charge in [-0.3, -0.25) is 0 Å². The zero-order valence-corrected chi connectivity index (χ0v) is 16.4. The molecule has 0 heterocycles. The normalized spacial score (nSPS) is 9.81. The number of ether oxygens (including phenoxy) is 1. The third kappa shape index (κ3) is 43.2. The van der Waals surface area contributed by atoms with E-state index in [1.807, 2.05) is 0 Å². The highest BCUT2D eigenvalue weighted by molar-refractivity contribution is 5.85. The van der Waals surface area contributed by atoms with Crippen LogP contribution in [0, 0.1) is 0 Å². The quantitative estimate of drug-likeness (QED) is 0.301. The Hall–Kier alpha value is -1.74. The molecule has 0 aliphatic carbocycles. The summed E-state index contributed by atoms with van der Waals surface area (Å²) < 4.78 is 5.13. The summed E-state index contributed by atoms with van der Waals surface area (Å²) in [5.41, 5.74) is 0.352. The second kappa shape index (κ2) is 25.5. The van der Waals surface area contributed by atoms with Gasteiger partial charge in [-0.1, -0.05) is 27.0 Å². The van der Waals surface area contributed by atoms with Crippen LogP contribution in [0.15, 0.2) is 24.3 Å². The van der Waals surface area contributed by atoms with Crippen LogP contribution in [0.25, 0.3) is 0 Å². The molecule has 0 aromatic heterocycles. The number of aliphatic hydroxyl groups is 3. The topological polar surface area (TPSA) is 145 Å². The van der Waals surface area contributed by atoms with Gasteiger partial charge in [0.2, 0.25) is 0 Å². The lowest BCUT2D eigenvalue weighted by molar-refractivity contribution is -0.133. The highest BCUT2D eigenvalue weighted by Gasteiger charge is 1.96. The zero-order valence-electron chi connectivity index (χ0n) is 16.4. The molecule has 0 saturated carbocycles. The predicted molar refractivity (Wildman–Crippen MR) is 101 cm³/mol. The summed E-state index contributed by atoms with van der Waals surface area (Å²) in [5.74, 6) is -1.87. The standard InChI is InChI=1S/C6H14O.C4H10O3.2C4H6O2/c1-3-5-7-6-4-2;5-2-1-4(7)3-6;2*1-3(2)4(5)6/h3-6H2,1-2H3;4-7H,1-3H2;2*1H2,2H3,(H,5,6). The van der Waals surface area contributed by atoms with Gasteiger partial charge in [0, 0.05) is 31.0 Å². The van der Waals surface area contributed by atoms with E-state index in [1.54, 1.807) is 0 Å². The molecule has 0 aliphatic heterocycles. The van der Waals surface area contributed by atoms with E-state index in [0.717, 1.165) is 26.1 Å². The Bertz CT molecular complexity index is 314. The summed E-state index contributed by atoms with van der Waals surface area (Å²) in [5, 5.41) is 40.4. The second-order valence-electron chi connectivity index (χ2n) is 5.13. The Kier molecular flexibility index (Phi) is 31.4. The van der Waals surface area contributed by atoms with E-state index < -0.39 is 18.0 Å². The molecule has 0 fully saturated rings. The fraction of sp³-hybridized carbons (Fsp3) is 0.667. The molecular weight excluding hydrogens is 344 g/mol. The predicted octanol–water partition coefficient (Wildman–Crippen LogP) is 1.84. The third-order valence-electron chi connectivity index (χ3n) is 2.10. The fourth-order valence-electron chi connectivity index (χ4n) is 0.631. The molecule has 0 aromatic rings. The molecule has 8 nitrogen and oxygen atoms in total. The van der Waals surface area contributed by atoms with E-state index in [4.69, 9.17) is 30.3 Å². The van der Waals surface area contributed by atoms with Crippen LogP contribution in [0.1, 0.15) is 47.0 Å². The number of carboxylic acid groups (broad SMARTS) is 2. The first kappa shape index (κ1) is 32.0. The maximum absolute atomic E-state index is 9.60. The highest BCUT2D eigenvalue weighted by atomic mass is 16.5. The summed E-state index contributed by atoms with van der Waals surface area (Å²) >= 11 is 0. The molecule has 5 N–H and O–H groups in total.